The van der Waals surface area contributed by atoms with Gasteiger partial charge in [-0.05, 0) is 30.0 Å². The van der Waals surface area contributed by atoms with Crippen molar-refractivity contribution in [3.8, 4) is 0 Å². The Balaban J connectivity index is 2.30. The predicted octanol–water partition coefficient (Wildman–Crippen LogP) is 2.05. The number of carboxylic acids is 1. The van der Waals surface area contributed by atoms with Crippen molar-refractivity contribution in [2.75, 3.05) is 25.5 Å². The van der Waals surface area contributed by atoms with Crippen molar-refractivity contribution in [1.29, 1.82) is 0 Å². The highest BCUT2D eigenvalue weighted by Gasteiger charge is 2.31. The van der Waals surface area contributed by atoms with Crippen LogP contribution in [-0.4, -0.2) is 31.7 Å². The molecule has 19 heavy (non-hydrogen) atoms. The second-order valence-corrected chi connectivity index (χ2v) is 5.37. The van der Waals surface area contributed by atoms with Gasteiger partial charge in [0.05, 0.1) is 5.92 Å². The molecule has 104 valence electrons. The van der Waals surface area contributed by atoms with Gasteiger partial charge in [-0.25, -0.2) is 0 Å². The normalized spacial score (nSPS) is 22.5. The van der Waals surface area contributed by atoms with Crippen LogP contribution in [0.4, 0.5) is 5.69 Å². The monoisotopic (exact) mass is 262 g/mol. The Morgan fingerprint density at radius 1 is 1.47 bits per heavy atom. The molecule has 2 atom stereocenters. The van der Waals surface area contributed by atoms with Crippen LogP contribution in [0, 0.1) is 5.92 Å². The van der Waals surface area contributed by atoms with E-state index in [1.807, 2.05) is 14.1 Å². The summed E-state index contributed by atoms with van der Waals surface area (Å²) < 4.78 is 0. The number of hydrogen-bond donors (Lipinski definition) is 2. The van der Waals surface area contributed by atoms with Crippen LogP contribution in [0.3, 0.4) is 0 Å². The second kappa shape index (κ2) is 5.61. The van der Waals surface area contributed by atoms with E-state index in [4.69, 9.17) is 5.11 Å². The minimum atomic E-state index is -0.701. The first-order valence-corrected chi connectivity index (χ1v) is 6.79. The maximum Gasteiger partial charge on any atom is 0.307 e. The lowest BCUT2D eigenvalue weighted by Crippen LogP contribution is -2.19. The highest BCUT2D eigenvalue weighted by Crippen LogP contribution is 2.34. The maximum absolute atomic E-state index is 11.1. The van der Waals surface area contributed by atoms with Crippen molar-refractivity contribution < 1.29 is 9.90 Å². The Morgan fingerprint density at radius 2 is 2.21 bits per heavy atom. The molecular weight excluding hydrogens is 240 g/mol. The number of nitrogens with zero attached hydrogens (tertiary/aromatic N) is 1. The average molecular weight is 262 g/mol. The molecule has 0 aromatic heterocycles. The molecule has 0 amide bonds. The van der Waals surface area contributed by atoms with E-state index < -0.39 is 5.97 Å². The van der Waals surface area contributed by atoms with E-state index in [-0.39, 0.29) is 12.0 Å². The molecule has 0 radical (unpaired) electrons. The molecule has 1 aromatic rings. The molecule has 1 aliphatic rings. The van der Waals surface area contributed by atoms with Gasteiger partial charge in [-0.1, -0.05) is 19.1 Å². The van der Waals surface area contributed by atoms with Crippen LogP contribution in [0.5, 0.6) is 0 Å². The van der Waals surface area contributed by atoms with Gasteiger partial charge in [-0.2, -0.15) is 0 Å². The van der Waals surface area contributed by atoms with Crippen LogP contribution in [0.1, 0.15) is 30.5 Å². The summed E-state index contributed by atoms with van der Waals surface area (Å²) in [5.41, 5.74) is 3.68. The molecule has 2 rings (SSSR count). The van der Waals surface area contributed by atoms with Crippen LogP contribution in [0.25, 0.3) is 0 Å². The summed E-state index contributed by atoms with van der Waals surface area (Å²) in [5.74, 6) is -0.974. The van der Waals surface area contributed by atoms with E-state index in [0.717, 1.165) is 6.42 Å². The third-order valence-electron chi connectivity index (χ3n) is 3.84. The molecule has 0 bridgehead atoms. The summed E-state index contributed by atoms with van der Waals surface area (Å²) in [6, 6.07) is 6.62. The fraction of sp³-hybridized carbons (Fsp3) is 0.533. The molecule has 1 aromatic carbocycles. The smallest absolute Gasteiger partial charge is 0.307 e. The maximum atomic E-state index is 11.1. The molecule has 0 aliphatic carbocycles. The summed E-state index contributed by atoms with van der Waals surface area (Å²) >= 11 is 0. The molecule has 2 N–H and O–H groups in total. The topological polar surface area (TPSA) is 52.6 Å². The number of anilines is 1. The Labute approximate surface area is 114 Å². The zero-order chi connectivity index (χ0) is 14.0. The number of hydrogen-bond acceptors (Lipinski definition) is 3. The van der Waals surface area contributed by atoms with Crippen molar-refractivity contribution in [2.45, 2.75) is 25.8 Å². The summed E-state index contributed by atoms with van der Waals surface area (Å²) in [6.45, 7) is 2.69. The van der Waals surface area contributed by atoms with Crippen molar-refractivity contribution in [2.24, 2.45) is 5.92 Å². The van der Waals surface area contributed by atoms with Crippen molar-refractivity contribution in [3.63, 3.8) is 0 Å². The van der Waals surface area contributed by atoms with Crippen LogP contribution >= 0.6 is 0 Å². The van der Waals surface area contributed by atoms with Gasteiger partial charge in [-0.3, -0.25) is 4.79 Å². The standard InChI is InChI=1S/C15H22N2O2/c1-4-10-5-6-14(17(2)3)12(7-10)13-8-11(9-16-13)15(18)19/h5-7,11,13,16H,4,8-9H2,1-3H3,(H,18,19). The van der Waals surface area contributed by atoms with Crippen LogP contribution in [0.15, 0.2) is 18.2 Å². The first kappa shape index (κ1) is 13.9. The third-order valence-corrected chi connectivity index (χ3v) is 3.84. The van der Waals surface area contributed by atoms with Crippen LogP contribution < -0.4 is 10.2 Å². The first-order valence-electron chi connectivity index (χ1n) is 6.79. The number of carboxylic acid groups (broad SMARTS) is 1. The van der Waals surface area contributed by atoms with E-state index in [0.29, 0.717) is 13.0 Å². The zero-order valence-electron chi connectivity index (χ0n) is 11.8. The number of carbonyl (C=O) groups is 1. The number of benzene rings is 1. The second-order valence-electron chi connectivity index (χ2n) is 5.37. The minimum absolute atomic E-state index is 0.144. The molecule has 2 unspecified atom stereocenters. The number of aliphatic carboxylic acids is 1. The lowest BCUT2D eigenvalue weighted by atomic mass is 9.96. The molecule has 1 fully saturated rings. The molecule has 1 saturated heterocycles. The number of aryl methyl sites for hydroxylation is 1. The fourth-order valence-electron chi connectivity index (χ4n) is 2.67. The predicted molar refractivity (Wildman–Crippen MR) is 76.6 cm³/mol. The lowest BCUT2D eigenvalue weighted by Gasteiger charge is -2.22. The third kappa shape index (κ3) is 2.89. The van der Waals surface area contributed by atoms with Crippen LogP contribution in [0.2, 0.25) is 0 Å². The Bertz CT molecular complexity index is 471. The van der Waals surface area contributed by atoms with E-state index in [1.165, 1.54) is 16.8 Å². The Kier molecular flexibility index (Phi) is 4.10. The minimum Gasteiger partial charge on any atom is -0.481 e. The SMILES string of the molecule is CCc1ccc(N(C)C)c(C2CC(C(=O)O)CN2)c1. The van der Waals surface area contributed by atoms with Gasteiger partial charge in [0.1, 0.15) is 0 Å². The largest absolute Gasteiger partial charge is 0.481 e. The summed E-state index contributed by atoms with van der Waals surface area (Å²) in [6.07, 6.45) is 1.67. The molecule has 0 spiro atoms. The fourth-order valence-corrected chi connectivity index (χ4v) is 2.67. The molecule has 0 saturated carbocycles. The van der Waals surface area contributed by atoms with Gasteiger partial charge in [0.25, 0.3) is 0 Å². The quantitative estimate of drug-likeness (QED) is 0.872. The van der Waals surface area contributed by atoms with E-state index in [9.17, 15) is 4.79 Å². The van der Waals surface area contributed by atoms with Gasteiger partial charge in [0.15, 0.2) is 0 Å². The number of rotatable bonds is 4. The highest BCUT2D eigenvalue weighted by atomic mass is 16.4. The van der Waals surface area contributed by atoms with E-state index in [1.54, 1.807) is 0 Å². The van der Waals surface area contributed by atoms with E-state index >= 15 is 0 Å². The lowest BCUT2D eigenvalue weighted by molar-refractivity contribution is -0.141. The van der Waals surface area contributed by atoms with Gasteiger partial charge in [-0.15, -0.1) is 0 Å². The molecular formula is C15H22N2O2. The van der Waals surface area contributed by atoms with Gasteiger partial charge in [0, 0.05) is 32.4 Å². The molecule has 4 nitrogen and oxygen atoms in total. The summed E-state index contributed by atoms with van der Waals surface area (Å²) in [5, 5.41) is 12.5. The summed E-state index contributed by atoms with van der Waals surface area (Å²) in [4.78, 5) is 13.2. The van der Waals surface area contributed by atoms with Gasteiger partial charge in [0.2, 0.25) is 0 Å². The molecule has 4 heteroatoms. The van der Waals surface area contributed by atoms with Gasteiger partial charge < -0.3 is 15.3 Å². The Morgan fingerprint density at radius 3 is 2.74 bits per heavy atom. The van der Waals surface area contributed by atoms with E-state index in [2.05, 4.69) is 35.3 Å². The Hall–Kier alpha value is -1.55. The molecule has 1 heterocycles. The highest BCUT2D eigenvalue weighted by molar-refractivity contribution is 5.71. The van der Waals surface area contributed by atoms with Crippen molar-refractivity contribution in [1.82, 2.24) is 5.32 Å². The first-order chi connectivity index (χ1) is 9.02. The summed E-state index contributed by atoms with van der Waals surface area (Å²) in [7, 11) is 4.04. The molecule has 1 aliphatic heterocycles. The van der Waals surface area contributed by atoms with Crippen molar-refractivity contribution in [3.05, 3.63) is 29.3 Å². The van der Waals surface area contributed by atoms with Crippen LogP contribution in [-0.2, 0) is 11.2 Å². The van der Waals surface area contributed by atoms with Gasteiger partial charge >= 0.3 is 5.97 Å². The average Bonchev–Trinajstić information content (AvgIpc) is 2.87. The number of nitrogens with one attached hydrogen (secondary N) is 1. The van der Waals surface area contributed by atoms with Crippen molar-refractivity contribution >= 4 is 11.7 Å². The zero-order valence-corrected chi connectivity index (χ0v) is 11.8.